The number of rotatable bonds is 10. The second-order valence-electron chi connectivity index (χ2n) is 13.3. The summed E-state index contributed by atoms with van der Waals surface area (Å²) in [6.45, 7) is 19.5. The monoisotopic (exact) mass is 607 g/mol. The largest absolute Gasteiger partial charge is 0.507 e. The van der Waals surface area contributed by atoms with E-state index in [-0.39, 0.29) is 21.6 Å². The average Bonchev–Trinajstić information content (AvgIpc) is 3.35. The number of hydrogen-bond donors (Lipinski definition) is 2. The third-order valence-electron chi connectivity index (χ3n) is 7.87. The number of aromatic hydroxyl groups is 1. The van der Waals surface area contributed by atoms with Crippen LogP contribution in [0.1, 0.15) is 78.7 Å². The molecule has 0 aliphatic carbocycles. The molecule has 10 heteroatoms. The normalized spacial score (nSPS) is 14.3. The third kappa shape index (κ3) is 7.16. The van der Waals surface area contributed by atoms with Gasteiger partial charge in [-0.3, -0.25) is 4.98 Å². The van der Waals surface area contributed by atoms with Gasteiger partial charge < -0.3 is 9.53 Å². The van der Waals surface area contributed by atoms with Crippen LogP contribution in [0.4, 0.5) is 0 Å². The summed E-state index contributed by atoms with van der Waals surface area (Å²) in [4.78, 5) is 9.80. The Hall–Kier alpha value is -2.92. The van der Waals surface area contributed by atoms with E-state index in [9.17, 15) is 9.32 Å². The van der Waals surface area contributed by atoms with Gasteiger partial charge in [0.2, 0.25) is 0 Å². The number of fused-ring (bicyclic) bond motifs is 1. The lowest BCUT2D eigenvalue weighted by Gasteiger charge is -2.36. The Balaban J connectivity index is 1.68. The zero-order valence-corrected chi connectivity index (χ0v) is 28.2. The predicted octanol–water partition coefficient (Wildman–Crippen LogP) is 7.60. The highest BCUT2D eigenvalue weighted by Crippen LogP contribution is 2.37. The topological polar surface area (TPSA) is 102 Å². The van der Waals surface area contributed by atoms with Crippen molar-refractivity contribution in [3.8, 4) is 22.8 Å². The number of phenols is 1. The van der Waals surface area contributed by atoms with Gasteiger partial charge in [0, 0.05) is 5.56 Å². The number of benzene rings is 1. The van der Waals surface area contributed by atoms with Crippen molar-refractivity contribution in [2.45, 2.75) is 96.8 Å². The third-order valence-corrected chi connectivity index (χ3v) is 14.0. The number of pyridine rings is 2. The van der Waals surface area contributed by atoms with Crippen molar-refractivity contribution in [2.24, 2.45) is 0 Å². The highest BCUT2D eigenvalue weighted by atomic mass is 32.2. The minimum atomic E-state index is -1.93. The predicted molar refractivity (Wildman–Crippen MR) is 174 cm³/mol. The smallest absolute Gasteiger partial charge is 0.192 e. The number of phenolic OH excluding ortho intramolecular Hbond substituents is 1. The molecule has 4 rings (SSSR count). The van der Waals surface area contributed by atoms with Crippen LogP contribution in [0.2, 0.25) is 18.1 Å². The molecule has 2 atom stereocenters. The fraction of sp³-hybridized carbons (Fsp3) is 0.469. The summed E-state index contributed by atoms with van der Waals surface area (Å²) in [5, 5.41) is 16.3. The summed E-state index contributed by atoms with van der Waals surface area (Å²) in [6.07, 6.45) is 3.38. The van der Waals surface area contributed by atoms with Crippen LogP contribution in [-0.2, 0) is 22.0 Å². The Labute approximate surface area is 253 Å². The molecule has 0 saturated heterocycles. The number of nitrogens with zero attached hydrogens (tertiary/aromatic N) is 4. The Morgan fingerprint density at radius 3 is 2.43 bits per heavy atom. The molecule has 2 N–H and O–H groups in total. The van der Waals surface area contributed by atoms with E-state index in [1.54, 1.807) is 16.9 Å². The zero-order chi connectivity index (χ0) is 30.9. The average molecular weight is 608 g/mol. The van der Waals surface area contributed by atoms with Gasteiger partial charge >= 0.3 is 0 Å². The molecule has 3 heterocycles. The Bertz CT molecular complexity index is 1570. The van der Waals surface area contributed by atoms with E-state index in [1.807, 2.05) is 63.2 Å². The summed E-state index contributed by atoms with van der Waals surface area (Å²) in [6, 6.07) is 15.2. The molecular weight excluding hydrogens is 563 g/mol. The van der Waals surface area contributed by atoms with Crippen LogP contribution in [0.5, 0.6) is 5.75 Å². The van der Waals surface area contributed by atoms with Gasteiger partial charge in [-0.25, -0.2) is 18.6 Å². The lowest BCUT2D eigenvalue weighted by molar-refractivity contribution is 0.272. The van der Waals surface area contributed by atoms with Crippen molar-refractivity contribution >= 4 is 30.2 Å². The number of hydrogen-bond acceptors (Lipinski definition) is 6. The van der Waals surface area contributed by atoms with Gasteiger partial charge in [0.1, 0.15) is 5.75 Å². The van der Waals surface area contributed by atoms with Crippen molar-refractivity contribution in [1.29, 1.82) is 0 Å². The minimum Gasteiger partial charge on any atom is -0.507 e. The van der Waals surface area contributed by atoms with E-state index in [1.165, 1.54) is 0 Å². The molecule has 0 amide bonds. The molecule has 42 heavy (non-hydrogen) atoms. The van der Waals surface area contributed by atoms with E-state index in [2.05, 4.69) is 50.6 Å². The van der Waals surface area contributed by atoms with E-state index < -0.39 is 19.3 Å². The summed E-state index contributed by atoms with van der Waals surface area (Å²) in [5.41, 5.74) is 3.85. The summed E-state index contributed by atoms with van der Waals surface area (Å²) in [5.74, 6) is 0.770. The minimum absolute atomic E-state index is 0.109. The van der Waals surface area contributed by atoms with Gasteiger partial charge in [-0.2, -0.15) is 5.10 Å². The molecule has 0 unspecified atom stereocenters. The van der Waals surface area contributed by atoms with Crippen molar-refractivity contribution in [3.63, 3.8) is 0 Å². The first-order valence-corrected chi connectivity index (χ1v) is 18.6. The molecular formula is C32H45N5O3SSi. The summed E-state index contributed by atoms with van der Waals surface area (Å²) in [7, 11) is -3.16. The van der Waals surface area contributed by atoms with Gasteiger partial charge in [0.05, 0.1) is 62.6 Å². The first-order chi connectivity index (χ1) is 19.6. The lowest BCUT2D eigenvalue weighted by Crippen LogP contribution is -2.40. The van der Waals surface area contributed by atoms with Crippen LogP contribution in [0, 0.1) is 0 Å². The molecule has 4 aromatic rings. The number of nitrogens with one attached hydrogen (secondary N) is 1. The van der Waals surface area contributed by atoms with Crippen molar-refractivity contribution in [2.75, 3.05) is 0 Å². The first-order valence-electron chi connectivity index (χ1n) is 14.6. The van der Waals surface area contributed by atoms with Gasteiger partial charge in [-0.15, -0.1) is 0 Å². The van der Waals surface area contributed by atoms with Crippen LogP contribution < -0.4 is 4.72 Å². The first kappa shape index (κ1) is 32.0. The maximum Gasteiger partial charge on any atom is 0.192 e. The molecule has 0 spiro atoms. The molecule has 0 bridgehead atoms. The highest BCUT2D eigenvalue weighted by molar-refractivity contribution is 7.84. The summed E-state index contributed by atoms with van der Waals surface area (Å²) >= 11 is 0. The lowest BCUT2D eigenvalue weighted by atomic mass is 10.1. The second-order valence-corrected chi connectivity index (χ2v) is 20.1. The quantitative estimate of drug-likeness (QED) is 0.180. The van der Waals surface area contributed by atoms with E-state index in [4.69, 9.17) is 14.4 Å². The SMILES string of the molecule is CCC[C@H](N[S@](=O)C(C)(C)C)c1cccc(-c2cc(O)c3cnn(-c4cccc(CO[Si](C)(C)C(C)(C)C)n4)c3c2)n1. The molecule has 1 aromatic carbocycles. The van der Waals surface area contributed by atoms with Gasteiger partial charge in [0.15, 0.2) is 14.1 Å². The molecule has 0 fully saturated rings. The molecule has 0 radical (unpaired) electrons. The van der Waals surface area contributed by atoms with Crippen molar-refractivity contribution in [1.82, 2.24) is 24.5 Å². The van der Waals surface area contributed by atoms with E-state index in [0.717, 1.165) is 35.3 Å². The number of aromatic nitrogens is 4. The molecule has 226 valence electrons. The van der Waals surface area contributed by atoms with Crippen LogP contribution >= 0.6 is 0 Å². The fourth-order valence-corrected chi connectivity index (χ4v) is 6.04. The molecule has 3 aromatic heterocycles. The van der Waals surface area contributed by atoms with Crippen LogP contribution in [-0.4, -0.2) is 42.1 Å². The second kappa shape index (κ2) is 12.4. The van der Waals surface area contributed by atoms with Gasteiger partial charge in [-0.05, 0) is 81.7 Å². The van der Waals surface area contributed by atoms with Crippen LogP contribution in [0.3, 0.4) is 0 Å². The van der Waals surface area contributed by atoms with Crippen LogP contribution in [0.15, 0.2) is 54.7 Å². The maximum absolute atomic E-state index is 12.9. The van der Waals surface area contributed by atoms with E-state index in [0.29, 0.717) is 23.5 Å². The molecule has 0 saturated carbocycles. The zero-order valence-electron chi connectivity index (χ0n) is 26.4. The molecule has 0 aliphatic heterocycles. The van der Waals surface area contributed by atoms with Gasteiger partial charge in [0.25, 0.3) is 0 Å². The van der Waals surface area contributed by atoms with Crippen molar-refractivity contribution in [3.05, 3.63) is 66.1 Å². The summed E-state index contributed by atoms with van der Waals surface area (Å²) < 4.78 is 23.9. The molecule has 0 aliphatic rings. The van der Waals surface area contributed by atoms with Crippen LogP contribution in [0.25, 0.3) is 28.0 Å². The van der Waals surface area contributed by atoms with Gasteiger partial charge in [-0.1, -0.05) is 46.2 Å². The Morgan fingerprint density at radius 1 is 1.05 bits per heavy atom. The van der Waals surface area contributed by atoms with E-state index >= 15 is 0 Å². The standard InChI is InChI=1S/C32H45N5O3SSi/c1-10-13-27(36-41(39)31(2,3)4)26-16-12-15-25(35-26)22-18-28-24(29(38)19-22)20-33-37(28)30-17-11-14-23(34-30)21-40-42(8,9)32(5,6)7/h11-12,14-20,27,36,38H,10,13,21H2,1-9H3/t27-,41+/m0/s1. The molecule has 8 nitrogen and oxygen atoms in total. The van der Waals surface area contributed by atoms with Crippen molar-refractivity contribution < 1.29 is 13.7 Å². The Morgan fingerprint density at radius 2 is 1.76 bits per heavy atom. The fourth-order valence-electron chi connectivity index (χ4n) is 4.24. The maximum atomic E-state index is 12.9. The highest BCUT2D eigenvalue weighted by Gasteiger charge is 2.37. The Kier molecular flexibility index (Phi) is 9.42.